The number of hydrogen-bond donors (Lipinski definition) is 0. The van der Waals surface area contributed by atoms with Crippen LogP contribution in [0.5, 0.6) is 0 Å². The summed E-state index contributed by atoms with van der Waals surface area (Å²) in [4.78, 5) is 11.6. The molecular weight excluding hydrogens is 176 g/mol. The summed E-state index contributed by atoms with van der Waals surface area (Å²) in [5.41, 5.74) is 0.902. The minimum atomic E-state index is -0.0544. The van der Waals surface area contributed by atoms with Crippen LogP contribution in [-0.2, 0) is 9.53 Å². The second-order valence-electron chi connectivity index (χ2n) is 4.89. The molecule has 4 unspecified atom stereocenters. The Morgan fingerprint density at radius 3 is 2.93 bits per heavy atom. The molecule has 2 saturated carbocycles. The van der Waals surface area contributed by atoms with Gasteiger partial charge in [0.2, 0.25) is 0 Å². The molecule has 1 saturated heterocycles. The first kappa shape index (κ1) is 8.51. The molecule has 0 N–H and O–H groups in total. The van der Waals surface area contributed by atoms with Crippen molar-refractivity contribution in [1.29, 1.82) is 0 Å². The minimum absolute atomic E-state index is 0.0544. The average molecular weight is 192 g/mol. The zero-order valence-electron chi connectivity index (χ0n) is 8.53. The van der Waals surface area contributed by atoms with Crippen LogP contribution in [0.1, 0.15) is 32.6 Å². The van der Waals surface area contributed by atoms with Crippen molar-refractivity contribution in [2.45, 2.75) is 38.7 Å². The highest BCUT2D eigenvalue weighted by atomic mass is 16.5. The molecule has 76 valence electrons. The van der Waals surface area contributed by atoms with Gasteiger partial charge in [-0.3, -0.25) is 0 Å². The van der Waals surface area contributed by atoms with Gasteiger partial charge in [-0.2, -0.15) is 0 Å². The number of carbonyl (C=O) groups is 1. The summed E-state index contributed by atoms with van der Waals surface area (Å²) in [7, 11) is 0. The molecule has 0 aromatic heterocycles. The molecule has 14 heavy (non-hydrogen) atoms. The predicted molar refractivity (Wildman–Crippen MR) is 52.6 cm³/mol. The summed E-state index contributed by atoms with van der Waals surface area (Å²) >= 11 is 0. The maximum Gasteiger partial charge on any atom is 0.333 e. The van der Waals surface area contributed by atoms with Crippen molar-refractivity contribution in [2.75, 3.05) is 0 Å². The standard InChI is InChI=1S/C12H16O2/c1-2-7-6-10-8-3-4-9(5-8)11(10)14-12(7)13/h2,8-11H,3-6H2,1H3. The number of rotatable bonds is 0. The first-order valence-corrected chi connectivity index (χ1v) is 5.65. The molecule has 2 heteroatoms. The Kier molecular flexibility index (Phi) is 1.73. The maximum atomic E-state index is 11.6. The van der Waals surface area contributed by atoms with Crippen molar-refractivity contribution in [3.05, 3.63) is 11.6 Å². The second kappa shape index (κ2) is 2.85. The summed E-state index contributed by atoms with van der Waals surface area (Å²) in [6, 6.07) is 0. The molecular formula is C12H16O2. The van der Waals surface area contributed by atoms with Crippen LogP contribution in [0.4, 0.5) is 0 Å². The van der Waals surface area contributed by atoms with Gasteiger partial charge < -0.3 is 4.74 Å². The number of allylic oxidation sites excluding steroid dienone is 1. The third kappa shape index (κ3) is 0.999. The van der Waals surface area contributed by atoms with Gasteiger partial charge in [-0.1, -0.05) is 6.08 Å². The molecule has 0 aromatic carbocycles. The summed E-state index contributed by atoms with van der Waals surface area (Å²) in [5.74, 6) is 2.12. The zero-order valence-corrected chi connectivity index (χ0v) is 8.53. The fourth-order valence-corrected chi connectivity index (χ4v) is 3.60. The van der Waals surface area contributed by atoms with Gasteiger partial charge in [0.1, 0.15) is 6.10 Å². The normalized spacial score (nSPS) is 48.1. The van der Waals surface area contributed by atoms with Crippen molar-refractivity contribution < 1.29 is 9.53 Å². The van der Waals surface area contributed by atoms with E-state index >= 15 is 0 Å². The molecule has 2 aliphatic carbocycles. The van der Waals surface area contributed by atoms with Gasteiger partial charge in [0.15, 0.2) is 0 Å². The van der Waals surface area contributed by atoms with Crippen LogP contribution in [0.2, 0.25) is 0 Å². The van der Waals surface area contributed by atoms with Crippen molar-refractivity contribution in [1.82, 2.24) is 0 Å². The fraction of sp³-hybridized carbons (Fsp3) is 0.750. The molecule has 4 atom stereocenters. The molecule has 3 aliphatic rings. The smallest absolute Gasteiger partial charge is 0.333 e. The van der Waals surface area contributed by atoms with Gasteiger partial charge in [-0.25, -0.2) is 4.79 Å². The highest BCUT2D eigenvalue weighted by Crippen LogP contribution is 2.53. The lowest BCUT2D eigenvalue weighted by molar-refractivity contribution is -0.154. The second-order valence-corrected chi connectivity index (χ2v) is 4.89. The van der Waals surface area contributed by atoms with E-state index in [1.165, 1.54) is 19.3 Å². The molecule has 3 rings (SSSR count). The lowest BCUT2D eigenvalue weighted by Gasteiger charge is -2.35. The molecule has 1 aliphatic heterocycles. The first-order chi connectivity index (χ1) is 6.79. The van der Waals surface area contributed by atoms with Gasteiger partial charge in [0, 0.05) is 11.5 Å². The van der Waals surface area contributed by atoms with E-state index in [4.69, 9.17) is 4.74 Å². The minimum Gasteiger partial charge on any atom is -0.458 e. The van der Waals surface area contributed by atoms with Gasteiger partial charge >= 0.3 is 5.97 Å². The topological polar surface area (TPSA) is 26.3 Å². The van der Waals surface area contributed by atoms with Crippen LogP contribution in [-0.4, -0.2) is 12.1 Å². The maximum absolute atomic E-state index is 11.6. The van der Waals surface area contributed by atoms with E-state index in [2.05, 4.69) is 0 Å². The van der Waals surface area contributed by atoms with Crippen molar-refractivity contribution in [3.63, 3.8) is 0 Å². The molecule has 2 bridgehead atoms. The number of hydrogen-bond acceptors (Lipinski definition) is 2. The zero-order chi connectivity index (χ0) is 9.71. The summed E-state index contributed by atoms with van der Waals surface area (Å²) in [5, 5.41) is 0. The molecule has 0 radical (unpaired) electrons. The quantitative estimate of drug-likeness (QED) is 0.435. The molecule has 3 fully saturated rings. The van der Waals surface area contributed by atoms with E-state index in [1.54, 1.807) is 0 Å². The Hall–Kier alpha value is -0.790. The highest BCUT2D eigenvalue weighted by molar-refractivity contribution is 5.89. The number of esters is 1. The molecule has 0 aromatic rings. The van der Waals surface area contributed by atoms with Crippen LogP contribution in [0.3, 0.4) is 0 Å². The molecule has 2 nitrogen and oxygen atoms in total. The van der Waals surface area contributed by atoms with Crippen molar-refractivity contribution in [3.8, 4) is 0 Å². The van der Waals surface area contributed by atoms with E-state index < -0.39 is 0 Å². The van der Waals surface area contributed by atoms with E-state index in [0.717, 1.165) is 17.9 Å². The fourth-order valence-electron chi connectivity index (χ4n) is 3.60. The monoisotopic (exact) mass is 192 g/mol. The SMILES string of the molecule is CC=C1CC2C3CCC(C3)C2OC1=O. The lowest BCUT2D eigenvalue weighted by atomic mass is 9.80. The third-order valence-electron chi connectivity index (χ3n) is 4.32. The highest BCUT2D eigenvalue weighted by Gasteiger charge is 2.52. The Balaban J connectivity index is 1.87. The van der Waals surface area contributed by atoms with Crippen LogP contribution in [0.25, 0.3) is 0 Å². The van der Waals surface area contributed by atoms with Gasteiger partial charge in [0.25, 0.3) is 0 Å². The molecule has 1 heterocycles. The predicted octanol–water partition coefficient (Wildman–Crippen LogP) is 2.29. The summed E-state index contributed by atoms with van der Waals surface area (Å²) < 4.78 is 5.54. The third-order valence-corrected chi connectivity index (χ3v) is 4.32. The van der Waals surface area contributed by atoms with Gasteiger partial charge in [0.05, 0.1) is 0 Å². The number of ether oxygens (including phenoxy) is 1. The Labute approximate surface area is 84.3 Å². The van der Waals surface area contributed by atoms with Crippen LogP contribution in [0.15, 0.2) is 11.6 Å². The van der Waals surface area contributed by atoms with E-state index in [0.29, 0.717) is 11.8 Å². The van der Waals surface area contributed by atoms with Crippen molar-refractivity contribution in [2.24, 2.45) is 17.8 Å². The summed E-state index contributed by atoms with van der Waals surface area (Å²) in [6.45, 7) is 1.93. The Morgan fingerprint density at radius 2 is 2.14 bits per heavy atom. The van der Waals surface area contributed by atoms with E-state index in [9.17, 15) is 4.79 Å². The average Bonchev–Trinajstić information content (AvgIpc) is 2.77. The van der Waals surface area contributed by atoms with E-state index in [1.807, 2.05) is 13.0 Å². The lowest BCUT2D eigenvalue weighted by Crippen LogP contribution is -2.38. The van der Waals surface area contributed by atoms with Crippen molar-refractivity contribution >= 4 is 5.97 Å². The van der Waals surface area contributed by atoms with Gasteiger partial charge in [-0.05, 0) is 44.4 Å². The Bertz CT molecular complexity index is 305. The number of fused-ring (bicyclic) bond motifs is 5. The van der Waals surface area contributed by atoms with Gasteiger partial charge in [-0.15, -0.1) is 0 Å². The van der Waals surface area contributed by atoms with E-state index in [-0.39, 0.29) is 12.1 Å². The van der Waals surface area contributed by atoms with Crippen LogP contribution in [0, 0.1) is 17.8 Å². The van der Waals surface area contributed by atoms with Crippen LogP contribution < -0.4 is 0 Å². The Morgan fingerprint density at radius 1 is 1.36 bits per heavy atom. The molecule has 0 spiro atoms. The number of carbonyl (C=O) groups excluding carboxylic acids is 1. The van der Waals surface area contributed by atoms with Crippen LogP contribution >= 0.6 is 0 Å². The largest absolute Gasteiger partial charge is 0.458 e. The summed E-state index contributed by atoms with van der Waals surface area (Å²) in [6.07, 6.45) is 7.11. The first-order valence-electron chi connectivity index (χ1n) is 5.65. The molecule has 0 amide bonds.